The predicted molar refractivity (Wildman–Crippen MR) is 171 cm³/mol. The molecule has 0 fully saturated rings. The third-order valence-corrected chi connectivity index (χ3v) is 8.30. The maximum absolute atomic E-state index is 12.0. The van der Waals surface area contributed by atoms with Crippen LogP contribution in [0.2, 0.25) is 0 Å². The van der Waals surface area contributed by atoms with Crippen molar-refractivity contribution in [2.45, 2.75) is 0 Å². The highest BCUT2D eigenvalue weighted by molar-refractivity contribution is 8.10. The molecular weight excluding hydrogens is 612 g/mol. The summed E-state index contributed by atoms with van der Waals surface area (Å²) in [7, 11) is 1.14. The minimum Gasteiger partial charge on any atom is -0.370 e. The van der Waals surface area contributed by atoms with E-state index in [1.165, 1.54) is 6.07 Å². The van der Waals surface area contributed by atoms with E-state index in [0.717, 1.165) is 33.0 Å². The second-order valence-electron chi connectivity index (χ2n) is 10.4. The molecule has 3 aromatic heterocycles. The molecule has 0 atom stereocenters. The first-order chi connectivity index (χ1) is 21.9. The average Bonchev–Trinajstić information content (AvgIpc) is 3.76. The van der Waals surface area contributed by atoms with Crippen LogP contribution in [-0.2, 0) is 9.33 Å². The first kappa shape index (κ1) is 25.7. The van der Waals surface area contributed by atoms with Gasteiger partial charge in [-0.05, 0) is 6.07 Å². The molecule has 7 aromatic rings. The van der Waals surface area contributed by atoms with Crippen molar-refractivity contribution >= 4 is 64.1 Å². The maximum Gasteiger partial charge on any atom is 0.401 e. The van der Waals surface area contributed by atoms with Crippen molar-refractivity contribution in [2.75, 3.05) is 0 Å². The van der Waals surface area contributed by atoms with Gasteiger partial charge >= 0.3 is 9.33 Å². The number of fused-ring (bicyclic) bond motifs is 20. The minimum atomic E-state index is -4.38. The molecule has 0 aliphatic carbocycles. The molecule has 0 spiro atoms. The highest BCUT2D eigenvalue weighted by Crippen LogP contribution is 2.38. The first-order valence-electron chi connectivity index (χ1n) is 13.8. The summed E-state index contributed by atoms with van der Waals surface area (Å²) >= 11 is 0. The normalized spacial score (nSPS) is 12.3. The monoisotopic (exact) mass is 628 g/mol. The Balaban J connectivity index is 1.50. The molecule has 45 heavy (non-hydrogen) atoms. The van der Waals surface area contributed by atoms with Crippen molar-refractivity contribution < 1.29 is 12.6 Å². The number of halogens is 1. The Morgan fingerprint density at radius 3 is 1.38 bits per heavy atom. The van der Waals surface area contributed by atoms with Gasteiger partial charge in [0.25, 0.3) is 0 Å². The fraction of sp³-hybridized carbons (Fsp3) is 0. The maximum atomic E-state index is 12.0. The highest BCUT2D eigenvalue weighted by Gasteiger charge is 2.23. The largest absolute Gasteiger partial charge is 0.401 e. The van der Waals surface area contributed by atoms with Gasteiger partial charge in [0.2, 0.25) is 0 Å². The van der Waals surface area contributed by atoms with Crippen LogP contribution in [0.15, 0.2) is 91.0 Å². The Bertz CT molecular complexity index is 2680. The molecule has 0 radical (unpaired) electrons. The van der Waals surface area contributed by atoms with E-state index in [1.54, 1.807) is 12.1 Å². The van der Waals surface area contributed by atoms with Crippen molar-refractivity contribution in [3.63, 3.8) is 0 Å². The van der Waals surface area contributed by atoms with Crippen LogP contribution >= 0.6 is 10.7 Å². The van der Waals surface area contributed by atoms with Gasteiger partial charge in [0, 0.05) is 38.4 Å². The summed E-state index contributed by atoms with van der Waals surface area (Å²) in [5.74, 6) is 1.71. The Morgan fingerprint density at radius 2 is 0.889 bits per heavy atom. The number of hydrogen-bond donors (Lipinski definition) is 2. The van der Waals surface area contributed by atoms with Gasteiger partial charge in [-0.1, -0.05) is 84.9 Å². The lowest BCUT2D eigenvalue weighted by Crippen LogP contribution is -2.00. The van der Waals surface area contributed by atoms with Crippen LogP contribution in [0.1, 0.15) is 0 Å². The summed E-state index contributed by atoms with van der Waals surface area (Å²) < 4.78 is 29.2. The van der Waals surface area contributed by atoms with Crippen LogP contribution in [0, 0.1) is 0 Å². The van der Waals surface area contributed by atoms with E-state index in [1.807, 2.05) is 72.8 Å². The molecular formula is C32H17ClN8O3S. The molecule has 9 rings (SSSR count). The van der Waals surface area contributed by atoms with Crippen molar-refractivity contribution in [1.29, 1.82) is 0 Å². The Hall–Kier alpha value is -5.72. The zero-order valence-electron chi connectivity index (χ0n) is 22.9. The second-order valence-corrected chi connectivity index (χ2v) is 12.5. The van der Waals surface area contributed by atoms with Crippen LogP contribution in [0.5, 0.6) is 5.75 Å². The number of rotatable bonds is 2. The molecule has 2 aliphatic rings. The molecule has 13 heteroatoms. The molecule has 2 N–H and O–H groups in total. The summed E-state index contributed by atoms with van der Waals surface area (Å²) in [5.41, 5.74) is 4.97. The lowest BCUT2D eigenvalue weighted by Gasteiger charge is -2.02. The predicted octanol–water partition coefficient (Wildman–Crippen LogP) is 6.73. The summed E-state index contributed by atoms with van der Waals surface area (Å²) in [6.07, 6.45) is 0. The summed E-state index contributed by atoms with van der Waals surface area (Å²) in [6, 6.07) is 28.1. The molecule has 5 heterocycles. The van der Waals surface area contributed by atoms with Gasteiger partial charge in [-0.25, -0.2) is 29.9 Å². The molecule has 4 aromatic carbocycles. The number of nitrogens with zero attached hydrogens (tertiary/aromatic N) is 6. The Labute approximate surface area is 258 Å². The topological polar surface area (TPSA) is 152 Å². The van der Waals surface area contributed by atoms with E-state index in [4.69, 9.17) is 44.8 Å². The van der Waals surface area contributed by atoms with Gasteiger partial charge in [-0.15, -0.1) is 0 Å². The number of hydrogen-bond acceptors (Lipinski definition) is 9. The lowest BCUT2D eigenvalue weighted by molar-refractivity contribution is 0.506. The van der Waals surface area contributed by atoms with Crippen LogP contribution in [0.4, 0.5) is 0 Å². The van der Waals surface area contributed by atoms with Gasteiger partial charge in [-0.3, -0.25) is 0 Å². The number of aromatic amines is 2. The molecule has 216 valence electrons. The Morgan fingerprint density at radius 1 is 0.489 bits per heavy atom. The molecule has 8 bridgehead atoms. The number of nitrogens with one attached hydrogen (secondary N) is 2. The van der Waals surface area contributed by atoms with Crippen molar-refractivity contribution in [3.8, 4) is 51.3 Å². The van der Waals surface area contributed by atoms with Crippen molar-refractivity contribution in [3.05, 3.63) is 91.0 Å². The van der Waals surface area contributed by atoms with Gasteiger partial charge in [-0.2, -0.15) is 8.42 Å². The van der Waals surface area contributed by atoms with Crippen LogP contribution < -0.4 is 4.18 Å². The third-order valence-electron chi connectivity index (χ3n) is 7.73. The van der Waals surface area contributed by atoms with Crippen LogP contribution in [0.3, 0.4) is 0 Å². The Kier molecular flexibility index (Phi) is 5.37. The number of aromatic nitrogens is 8. The zero-order chi connectivity index (χ0) is 30.3. The quantitative estimate of drug-likeness (QED) is 0.198. The number of benzene rings is 4. The van der Waals surface area contributed by atoms with Gasteiger partial charge in [0.1, 0.15) is 22.6 Å². The van der Waals surface area contributed by atoms with Crippen LogP contribution in [-0.4, -0.2) is 48.3 Å². The molecule has 0 saturated carbocycles. The molecule has 0 saturated heterocycles. The minimum absolute atomic E-state index is 0.0151. The average molecular weight is 629 g/mol. The van der Waals surface area contributed by atoms with Gasteiger partial charge < -0.3 is 14.2 Å². The van der Waals surface area contributed by atoms with E-state index in [2.05, 4.69) is 9.97 Å². The summed E-state index contributed by atoms with van der Waals surface area (Å²) in [4.78, 5) is 36.0. The second kappa shape index (κ2) is 9.39. The molecule has 11 nitrogen and oxygen atoms in total. The smallest absolute Gasteiger partial charge is 0.370 e. The van der Waals surface area contributed by atoms with E-state index < -0.39 is 9.33 Å². The van der Waals surface area contributed by atoms with Crippen molar-refractivity contribution in [2.24, 2.45) is 0 Å². The van der Waals surface area contributed by atoms with Gasteiger partial charge in [0.15, 0.2) is 29.0 Å². The SMILES string of the molecule is O=S(=O)(Cl)Oc1cccc2c3nc4nc(nc5[nH]c(nc6nc(nc([nH]3)c12)-c1ccccc1-6)c1ccccc51)-c1ccccc1-4. The molecule has 0 unspecified atom stereocenters. The zero-order valence-corrected chi connectivity index (χ0v) is 24.4. The fourth-order valence-corrected chi connectivity index (χ4v) is 6.39. The number of H-pyrrole nitrogens is 2. The van der Waals surface area contributed by atoms with Crippen LogP contribution in [0.25, 0.3) is 89.7 Å². The first-order valence-corrected chi connectivity index (χ1v) is 16.0. The highest BCUT2D eigenvalue weighted by atomic mass is 35.7. The molecule has 0 amide bonds. The van der Waals surface area contributed by atoms with E-state index in [-0.39, 0.29) is 11.4 Å². The third kappa shape index (κ3) is 4.14. The standard InChI is InChI=1S/C32H17ClN8O3S/c33-45(42,43)44-23-15-7-14-22-24(23)32-40-30-21-13-6-5-12-20(21)28(38-30)36-26-17-9-2-1-8-16(17)25(34-26)35-27-18-10-3-4-11-19(18)29(37-27)39-31(22)41-32/h1-15H,(H2,34,35,36,37,38,39,40,41). The summed E-state index contributed by atoms with van der Waals surface area (Å²) in [6.45, 7) is 0. The van der Waals surface area contributed by atoms with E-state index >= 15 is 0 Å². The van der Waals surface area contributed by atoms with Gasteiger partial charge in [0.05, 0.1) is 16.1 Å². The summed E-state index contributed by atoms with van der Waals surface area (Å²) in [5, 5.41) is 2.65. The van der Waals surface area contributed by atoms with Crippen molar-refractivity contribution in [1.82, 2.24) is 39.9 Å². The fourth-order valence-electron chi connectivity index (χ4n) is 5.83. The van der Waals surface area contributed by atoms with E-state index in [9.17, 15) is 8.42 Å². The lowest BCUT2D eigenvalue weighted by atomic mass is 10.1. The van der Waals surface area contributed by atoms with E-state index in [0.29, 0.717) is 51.0 Å². The molecule has 2 aliphatic heterocycles.